The number of aryl methyl sites for hydroxylation is 4. The number of nitrogens with two attached hydrogens (primary N) is 2. The second kappa shape index (κ2) is 10.4. The molecule has 1 fully saturated rings. The minimum atomic E-state index is -0.536. The van der Waals surface area contributed by atoms with Crippen LogP contribution in [0.5, 0.6) is 0 Å². The standard InChI is InChI=1S/2C6H9N3O.C6H12/c2*1-4-3-5(2)9(8-4)6(7)10;1-2-4-6-5-3-1/h2*3H,1-2H3,(H2,7,10);1-6H2. The molecule has 26 heavy (non-hydrogen) atoms. The van der Waals surface area contributed by atoms with E-state index in [0.29, 0.717) is 0 Å². The highest BCUT2D eigenvalue weighted by atomic mass is 16.2. The van der Waals surface area contributed by atoms with Gasteiger partial charge in [0.25, 0.3) is 0 Å². The Kier molecular flexibility index (Phi) is 8.54. The van der Waals surface area contributed by atoms with Gasteiger partial charge in [-0.1, -0.05) is 38.5 Å². The molecule has 2 aromatic heterocycles. The smallest absolute Gasteiger partial charge is 0.339 e. The summed E-state index contributed by atoms with van der Waals surface area (Å²) >= 11 is 0. The number of amides is 2. The fourth-order valence-electron chi connectivity index (χ4n) is 2.76. The molecule has 2 heterocycles. The van der Waals surface area contributed by atoms with Crippen molar-refractivity contribution in [3.8, 4) is 0 Å². The third-order valence-corrected chi connectivity index (χ3v) is 3.94. The first-order chi connectivity index (χ1) is 12.2. The van der Waals surface area contributed by atoms with Gasteiger partial charge in [0.05, 0.1) is 11.4 Å². The van der Waals surface area contributed by atoms with Crippen LogP contribution >= 0.6 is 0 Å². The van der Waals surface area contributed by atoms with Gasteiger partial charge in [0, 0.05) is 11.4 Å². The first-order valence-corrected chi connectivity index (χ1v) is 8.88. The van der Waals surface area contributed by atoms with E-state index in [1.54, 1.807) is 26.0 Å². The molecule has 2 amide bonds. The van der Waals surface area contributed by atoms with Gasteiger partial charge in [-0.2, -0.15) is 19.6 Å². The van der Waals surface area contributed by atoms with Crippen molar-refractivity contribution in [3.63, 3.8) is 0 Å². The van der Waals surface area contributed by atoms with Crippen molar-refractivity contribution in [2.24, 2.45) is 11.5 Å². The van der Waals surface area contributed by atoms with Crippen LogP contribution in [0.2, 0.25) is 0 Å². The van der Waals surface area contributed by atoms with Crippen molar-refractivity contribution in [3.05, 3.63) is 34.9 Å². The van der Waals surface area contributed by atoms with Gasteiger partial charge >= 0.3 is 12.1 Å². The molecule has 2 aromatic rings. The van der Waals surface area contributed by atoms with Crippen molar-refractivity contribution in [2.75, 3.05) is 0 Å². The maximum absolute atomic E-state index is 10.6. The average Bonchev–Trinajstić information content (AvgIpc) is 3.11. The van der Waals surface area contributed by atoms with E-state index in [9.17, 15) is 9.59 Å². The van der Waals surface area contributed by atoms with E-state index >= 15 is 0 Å². The molecule has 0 aliphatic heterocycles. The van der Waals surface area contributed by atoms with Gasteiger partial charge in [-0.05, 0) is 39.8 Å². The molecule has 8 heteroatoms. The second-order valence-corrected chi connectivity index (χ2v) is 6.48. The molecule has 0 saturated heterocycles. The summed E-state index contributed by atoms with van der Waals surface area (Å²) in [5, 5.41) is 7.70. The molecule has 0 unspecified atom stereocenters. The van der Waals surface area contributed by atoms with Crippen molar-refractivity contribution in [1.82, 2.24) is 19.6 Å². The molecule has 0 spiro atoms. The molecular weight excluding hydrogens is 332 g/mol. The van der Waals surface area contributed by atoms with Crippen LogP contribution in [-0.4, -0.2) is 31.6 Å². The molecule has 144 valence electrons. The van der Waals surface area contributed by atoms with E-state index in [1.165, 1.54) is 47.9 Å². The highest BCUT2D eigenvalue weighted by Gasteiger charge is 2.04. The Morgan fingerprint density at radius 3 is 1.12 bits per heavy atom. The highest BCUT2D eigenvalue weighted by Crippen LogP contribution is 2.15. The quantitative estimate of drug-likeness (QED) is 0.747. The van der Waals surface area contributed by atoms with Crippen molar-refractivity contribution in [1.29, 1.82) is 0 Å². The van der Waals surface area contributed by atoms with E-state index in [0.717, 1.165) is 22.8 Å². The van der Waals surface area contributed by atoms with Crippen molar-refractivity contribution >= 4 is 12.1 Å². The zero-order valence-electron chi connectivity index (χ0n) is 16.2. The van der Waals surface area contributed by atoms with Crippen molar-refractivity contribution < 1.29 is 9.59 Å². The van der Waals surface area contributed by atoms with Crippen molar-refractivity contribution in [2.45, 2.75) is 66.2 Å². The SMILES string of the molecule is C1CCCCC1.Cc1cc(C)n(C(N)=O)n1.Cc1cc(C)n(C(N)=O)n1. The number of aromatic nitrogens is 4. The minimum Gasteiger partial charge on any atom is -0.350 e. The number of primary amides is 2. The summed E-state index contributed by atoms with van der Waals surface area (Å²) in [5.74, 6) is 0. The number of nitrogens with zero attached hydrogens (tertiary/aromatic N) is 4. The maximum atomic E-state index is 10.6. The monoisotopic (exact) mass is 362 g/mol. The molecular formula is C18H30N6O2. The van der Waals surface area contributed by atoms with Gasteiger partial charge in [0.15, 0.2) is 0 Å². The van der Waals surface area contributed by atoms with Gasteiger partial charge in [-0.3, -0.25) is 0 Å². The second-order valence-electron chi connectivity index (χ2n) is 6.48. The summed E-state index contributed by atoms with van der Waals surface area (Å²) in [6.07, 6.45) is 9.00. The van der Waals surface area contributed by atoms with Crippen LogP contribution in [0.25, 0.3) is 0 Å². The van der Waals surface area contributed by atoms with E-state index in [4.69, 9.17) is 11.5 Å². The molecule has 0 bridgehead atoms. The van der Waals surface area contributed by atoms with Gasteiger partial charge in [0.2, 0.25) is 0 Å². The molecule has 0 radical (unpaired) electrons. The zero-order chi connectivity index (χ0) is 19.7. The lowest BCUT2D eigenvalue weighted by Crippen LogP contribution is -2.21. The molecule has 1 aliphatic carbocycles. The Labute approximate surface area is 154 Å². The molecule has 8 nitrogen and oxygen atoms in total. The number of carbonyl (C=O) groups excluding carboxylic acids is 2. The number of carbonyl (C=O) groups is 2. The third-order valence-electron chi connectivity index (χ3n) is 3.94. The Bertz CT molecular complexity index is 660. The Hall–Kier alpha value is -2.64. The van der Waals surface area contributed by atoms with Crippen LogP contribution in [0.1, 0.15) is 61.3 Å². The lowest BCUT2D eigenvalue weighted by molar-refractivity contribution is 0.246. The van der Waals surface area contributed by atoms with Gasteiger partial charge in [0.1, 0.15) is 0 Å². The normalized spacial score (nSPS) is 13.1. The van der Waals surface area contributed by atoms with Crippen LogP contribution in [0.15, 0.2) is 12.1 Å². The van der Waals surface area contributed by atoms with E-state index in [-0.39, 0.29) is 0 Å². The van der Waals surface area contributed by atoms with E-state index in [1.807, 2.05) is 13.8 Å². The Morgan fingerprint density at radius 1 is 0.731 bits per heavy atom. The van der Waals surface area contributed by atoms with E-state index < -0.39 is 12.1 Å². The molecule has 1 aliphatic rings. The predicted molar refractivity (Wildman–Crippen MR) is 101 cm³/mol. The largest absolute Gasteiger partial charge is 0.350 e. The van der Waals surface area contributed by atoms with E-state index in [2.05, 4.69) is 10.2 Å². The topological polar surface area (TPSA) is 122 Å². The molecule has 3 rings (SSSR count). The van der Waals surface area contributed by atoms with Gasteiger partial charge in [-0.15, -0.1) is 0 Å². The molecule has 0 aromatic carbocycles. The molecule has 4 N–H and O–H groups in total. The summed E-state index contributed by atoms with van der Waals surface area (Å²) in [6, 6.07) is 2.52. The lowest BCUT2D eigenvalue weighted by Gasteiger charge is -2.05. The summed E-state index contributed by atoms with van der Waals surface area (Å²) < 4.78 is 2.35. The zero-order valence-corrected chi connectivity index (χ0v) is 16.2. The van der Waals surface area contributed by atoms with Gasteiger partial charge in [-0.25, -0.2) is 9.59 Å². The Morgan fingerprint density at radius 2 is 1.00 bits per heavy atom. The number of hydrogen-bond acceptors (Lipinski definition) is 4. The fourth-order valence-corrected chi connectivity index (χ4v) is 2.76. The van der Waals surface area contributed by atoms with Crippen LogP contribution in [-0.2, 0) is 0 Å². The Balaban J connectivity index is 0.000000201. The highest BCUT2D eigenvalue weighted by molar-refractivity contribution is 5.74. The first-order valence-electron chi connectivity index (χ1n) is 8.88. The number of hydrogen-bond donors (Lipinski definition) is 2. The lowest BCUT2D eigenvalue weighted by atomic mass is 10.0. The fraction of sp³-hybridized carbons (Fsp3) is 0.556. The van der Waals surface area contributed by atoms with Crippen LogP contribution < -0.4 is 11.5 Å². The summed E-state index contributed by atoms with van der Waals surface area (Å²) in [6.45, 7) is 7.19. The molecule has 0 atom stereocenters. The van der Waals surface area contributed by atoms with Crippen LogP contribution in [0, 0.1) is 27.7 Å². The first kappa shape index (κ1) is 21.4. The third kappa shape index (κ3) is 7.08. The van der Waals surface area contributed by atoms with Crippen LogP contribution in [0.3, 0.4) is 0 Å². The minimum absolute atomic E-state index is 0.536. The summed E-state index contributed by atoms with van der Waals surface area (Å²) in [5.41, 5.74) is 13.1. The number of rotatable bonds is 0. The van der Waals surface area contributed by atoms with Crippen LogP contribution in [0.4, 0.5) is 9.59 Å². The molecule has 1 saturated carbocycles. The maximum Gasteiger partial charge on any atom is 0.339 e. The predicted octanol–water partition coefficient (Wildman–Crippen LogP) is 3.19. The summed E-state index contributed by atoms with van der Waals surface area (Å²) in [7, 11) is 0. The summed E-state index contributed by atoms with van der Waals surface area (Å²) in [4.78, 5) is 21.1. The van der Waals surface area contributed by atoms with Gasteiger partial charge < -0.3 is 11.5 Å². The average molecular weight is 362 g/mol.